The normalized spacial score (nSPS) is 10.5. The van der Waals surface area contributed by atoms with E-state index in [-0.39, 0.29) is 12.2 Å². The van der Waals surface area contributed by atoms with Crippen LogP contribution in [-0.4, -0.2) is 38.7 Å². The van der Waals surface area contributed by atoms with Crippen LogP contribution in [0.4, 0.5) is 8.78 Å². The molecule has 0 unspecified atom stereocenters. The fourth-order valence-electron chi connectivity index (χ4n) is 1.12. The second-order valence-corrected chi connectivity index (χ2v) is 5.39. The van der Waals surface area contributed by atoms with Crippen molar-refractivity contribution in [2.24, 2.45) is 0 Å². The Morgan fingerprint density at radius 3 is 1.91 bits per heavy atom. The quantitative estimate of drug-likeness (QED) is 0.842. The van der Waals surface area contributed by atoms with Crippen LogP contribution in [0.25, 0.3) is 6.08 Å². The van der Waals surface area contributed by atoms with Gasteiger partial charge >= 0.3 is 0 Å². The van der Waals surface area contributed by atoms with Crippen LogP contribution in [0.5, 0.6) is 0 Å². The van der Waals surface area contributed by atoms with Gasteiger partial charge in [0.15, 0.2) is 17.5 Å². The molecule has 7 nitrogen and oxygen atoms in total. The maximum Gasteiger partial charge on any atom is 0.265 e. The maximum atomic E-state index is 12.3. The zero-order valence-electron chi connectivity index (χ0n) is 11.2. The molecule has 2 rings (SSSR count). The SMILES string of the molecule is C=Cc1ncc(F)cn1.O=S(=O)(O)CCc1ncc(F)cn1. The second-order valence-electron chi connectivity index (χ2n) is 3.82. The summed E-state index contributed by atoms with van der Waals surface area (Å²) in [5, 5.41) is 0. The van der Waals surface area contributed by atoms with E-state index in [2.05, 4.69) is 26.5 Å². The lowest BCUT2D eigenvalue weighted by Crippen LogP contribution is -2.08. The van der Waals surface area contributed by atoms with Gasteiger partial charge in [0.2, 0.25) is 0 Å². The van der Waals surface area contributed by atoms with Gasteiger partial charge in [0.05, 0.1) is 30.5 Å². The van der Waals surface area contributed by atoms with Crippen LogP contribution in [0.2, 0.25) is 0 Å². The Balaban J connectivity index is 0.000000235. The zero-order valence-corrected chi connectivity index (χ0v) is 12.0. The third kappa shape index (κ3) is 7.45. The summed E-state index contributed by atoms with van der Waals surface area (Å²) in [7, 11) is -4.01. The highest BCUT2D eigenvalue weighted by atomic mass is 32.2. The van der Waals surface area contributed by atoms with Gasteiger partial charge < -0.3 is 0 Å². The second kappa shape index (κ2) is 8.20. The van der Waals surface area contributed by atoms with Gasteiger partial charge in [0.1, 0.15) is 5.82 Å². The van der Waals surface area contributed by atoms with E-state index in [1.165, 1.54) is 6.08 Å². The third-order valence-corrected chi connectivity index (χ3v) is 2.80. The summed E-state index contributed by atoms with van der Waals surface area (Å²) in [6.45, 7) is 3.41. The molecule has 2 aromatic rings. The van der Waals surface area contributed by atoms with Gasteiger partial charge in [-0.05, 0) is 6.08 Å². The number of aryl methyl sites for hydroxylation is 1. The lowest BCUT2D eigenvalue weighted by atomic mass is 10.4. The molecule has 0 aliphatic carbocycles. The Labute approximate surface area is 125 Å². The Morgan fingerprint density at radius 1 is 1.05 bits per heavy atom. The first-order valence-electron chi connectivity index (χ1n) is 5.81. The van der Waals surface area contributed by atoms with Gasteiger partial charge in [-0.1, -0.05) is 6.58 Å². The summed E-state index contributed by atoms with van der Waals surface area (Å²) in [6.07, 6.45) is 5.51. The summed E-state index contributed by atoms with van der Waals surface area (Å²) in [6, 6.07) is 0. The Morgan fingerprint density at radius 2 is 1.50 bits per heavy atom. The van der Waals surface area contributed by atoms with Crippen LogP contribution in [0.15, 0.2) is 31.4 Å². The summed E-state index contributed by atoms with van der Waals surface area (Å²) in [4.78, 5) is 14.2. The standard InChI is InChI=1S/C6H7FN2O3S.C6H5FN2/c7-5-3-8-6(9-4-5)1-2-13(10,11)12;1-2-6-8-3-5(7)4-9-6/h3-4H,1-2H2,(H,10,11,12);2-4H,1H2. The smallest absolute Gasteiger partial charge is 0.265 e. The summed E-state index contributed by atoms with van der Waals surface area (Å²) in [5.74, 6) is -0.856. The molecule has 0 aliphatic rings. The van der Waals surface area contributed by atoms with E-state index in [0.717, 1.165) is 24.8 Å². The van der Waals surface area contributed by atoms with E-state index in [0.29, 0.717) is 5.82 Å². The first kappa shape index (κ1) is 17.7. The molecule has 10 heteroatoms. The van der Waals surface area contributed by atoms with Gasteiger partial charge in [-0.3, -0.25) is 4.55 Å². The molecule has 0 aliphatic heterocycles. The molecule has 0 aromatic carbocycles. The van der Waals surface area contributed by atoms with Gasteiger partial charge in [-0.2, -0.15) is 8.42 Å². The number of rotatable bonds is 4. The summed E-state index contributed by atoms with van der Waals surface area (Å²) in [5.41, 5.74) is 0. The maximum absolute atomic E-state index is 12.3. The lowest BCUT2D eigenvalue weighted by molar-refractivity contribution is 0.482. The minimum Gasteiger partial charge on any atom is -0.286 e. The van der Waals surface area contributed by atoms with Crippen molar-refractivity contribution in [2.45, 2.75) is 6.42 Å². The van der Waals surface area contributed by atoms with Crippen LogP contribution < -0.4 is 0 Å². The minimum atomic E-state index is -4.01. The predicted molar refractivity (Wildman–Crippen MR) is 74.2 cm³/mol. The number of nitrogens with zero attached hydrogens (tertiary/aromatic N) is 4. The monoisotopic (exact) mass is 330 g/mol. The predicted octanol–water partition coefficient (Wildman–Crippen LogP) is 1.30. The summed E-state index contributed by atoms with van der Waals surface area (Å²) >= 11 is 0. The van der Waals surface area contributed by atoms with Crippen LogP contribution in [0.1, 0.15) is 11.6 Å². The highest BCUT2D eigenvalue weighted by Crippen LogP contribution is 1.96. The van der Waals surface area contributed by atoms with E-state index in [9.17, 15) is 17.2 Å². The molecule has 1 N–H and O–H groups in total. The zero-order chi connectivity index (χ0) is 16.6. The first-order valence-corrected chi connectivity index (χ1v) is 7.42. The number of hydrogen-bond acceptors (Lipinski definition) is 6. The molecule has 0 bridgehead atoms. The van der Waals surface area contributed by atoms with Crippen LogP contribution >= 0.6 is 0 Å². The van der Waals surface area contributed by atoms with Crippen molar-refractivity contribution in [3.8, 4) is 0 Å². The average molecular weight is 330 g/mol. The molecule has 0 atom stereocenters. The van der Waals surface area contributed by atoms with Gasteiger partial charge in [0.25, 0.3) is 10.1 Å². The van der Waals surface area contributed by atoms with E-state index in [1.54, 1.807) is 0 Å². The topological polar surface area (TPSA) is 106 Å². The molecule has 0 radical (unpaired) electrons. The molecule has 22 heavy (non-hydrogen) atoms. The first-order chi connectivity index (χ1) is 10.3. The number of aromatic nitrogens is 4. The van der Waals surface area contributed by atoms with Crippen molar-refractivity contribution in [1.29, 1.82) is 0 Å². The van der Waals surface area contributed by atoms with E-state index in [4.69, 9.17) is 4.55 Å². The highest BCUT2D eigenvalue weighted by Gasteiger charge is 2.06. The fourth-order valence-corrected chi connectivity index (χ4v) is 1.56. The molecule has 0 spiro atoms. The largest absolute Gasteiger partial charge is 0.286 e. The summed E-state index contributed by atoms with van der Waals surface area (Å²) < 4.78 is 53.3. The highest BCUT2D eigenvalue weighted by molar-refractivity contribution is 7.85. The molecule has 118 valence electrons. The Bertz CT molecular complexity index is 706. The molecule has 0 amide bonds. The van der Waals surface area contributed by atoms with Gasteiger partial charge in [-0.25, -0.2) is 28.7 Å². The number of halogens is 2. The van der Waals surface area contributed by atoms with Crippen molar-refractivity contribution in [2.75, 3.05) is 5.75 Å². The van der Waals surface area contributed by atoms with Crippen molar-refractivity contribution < 1.29 is 21.8 Å². The van der Waals surface area contributed by atoms with Crippen LogP contribution in [0, 0.1) is 11.6 Å². The van der Waals surface area contributed by atoms with Crippen molar-refractivity contribution >= 4 is 16.2 Å². The van der Waals surface area contributed by atoms with Crippen molar-refractivity contribution in [3.05, 3.63) is 54.6 Å². The van der Waals surface area contributed by atoms with E-state index >= 15 is 0 Å². The Kier molecular flexibility index (Phi) is 6.60. The fraction of sp³-hybridized carbons (Fsp3) is 0.167. The number of hydrogen-bond donors (Lipinski definition) is 1. The van der Waals surface area contributed by atoms with E-state index in [1.807, 2.05) is 0 Å². The Hall–Kier alpha value is -2.33. The molecule has 2 heterocycles. The van der Waals surface area contributed by atoms with Gasteiger partial charge in [-0.15, -0.1) is 0 Å². The van der Waals surface area contributed by atoms with Crippen molar-refractivity contribution in [1.82, 2.24) is 19.9 Å². The molecule has 0 saturated carbocycles. The molecular weight excluding hydrogens is 318 g/mol. The van der Waals surface area contributed by atoms with Gasteiger partial charge in [0, 0.05) is 6.42 Å². The third-order valence-electron chi connectivity index (χ3n) is 2.08. The van der Waals surface area contributed by atoms with Crippen LogP contribution in [0.3, 0.4) is 0 Å². The molecular formula is C12H12F2N4O3S. The minimum absolute atomic E-state index is 0.0287. The molecule has 0 saturated heterocycles. The van der Waals surface area contributed by atoms with Crippen LogP contribution in [-0.2, 0) is 16.5 Å². The molecule has 0 fully saturated rings. The molecule has 2 aromatic heterocycles. The van der Waals surface area contributed by atoms with Crippen molar-refractivity contribution in [3.63, 3.8) is 0 Å². The lowest BCUT2D eigenvalue weighted by Gasteiger charge is -1.96. The van der Waals surface area contributed by atoms with E-state index < -0.39 is 27.5 Å². The average Bonchev–Trinajstić information content (AvgIpc) is 2.47.